The number of rotatable bonds is 2. The number of benzene rings is 1. The van der Waals surface area contributed by atoms with Crippen molar-refractivity contribution in [3.8, 4) is 0 Å². The van der Waals surface area contributed by atoms with Crippen molar-refractivity contribution in [2.45, 2.75) is 38.1 Å². The van der Waals surface area contributed by atoms with E-state index in [4.69, 9.17) is 11.6 Å². The second-order valence-corrected chi connectivity index (χ2v) is 5.06. The molecule has 3 heteroatoms. The van der Waals surface area contributed by atoms with Gasteiger partial charge in [-0.25, -0.2) is 0 Å². The second-order valence-electron chi connectivity index (χ2n) is 4.66. The third kappa shape index (κ3) is 2.59. The van der Waals surface area contributed by atoms with Crippen LogP contribution in [0, 0.1) is 0 Å². The van der Waals surface area contributed by atoms with Crippen LogP contribution in [0.2, 0.25) is 5.02 Å². The maximum absolute atomic E-state index is 6.38. The lowest BCUT2D eigenvalue weighted by molar-refractivity contribution is 0.333. The zero-order valence-electron chi connectivity index (χ0n) is 11.0. The number of allylic oxidation sites excluding steroid dienone is 1. The monoisotopic (exact) mass is 285 g/mol. The molecule has 0 aliphatic heterocycles. The average molecular weight is 286 g/mol. The van der Waals surface area contributed by atoms with Crippen LogP contribution in [0.3, 0.4) is 0 Å². The van der Waals surface area contributed by atoms with Crippen molar-refractivity contribution < 1.29 is 0 Å². The van der Waals surface area contributed by atoms with Gasteiger partial charge in [-0.1, -0.05) is 42.3 Å². The number of nitrogens with one attached hydrogen (secondary N) is 1. The summed E-state index contributed by atoms with van der Waals surface area (Å²) >= 11 is 6.38. The fourth-order valence-corrected chi connectivity index (χ4v) is 3.30. The maximum atomic E-state index is 6.38. The molecule has 0 bridgehead atoms. The van der Waals surface area contributed by atoms with Crippen LogP contribution < -0.4 is 5.32 Å². The van der Waals surface area contributed by atoms with E-state index in [2.05, 4.69) is 30.4 Å². The highest BCUT2D eigenvalue weighted by Crippen LogP contribution is 2.43. The molecular weight excluding hydrogens is 265 g/mol. The van der Waals surface area contributed by atoms with Crippen LogP contribution in [0.1, 0.15) is 38.2 Å². The Bertz CT molecular complexity index is 428. The molecule has 100 valence electrons. The molecule has 0 unspecified atom stereocenters. The van der Waals surface area contributed by atoms with E-state index in [-0.39, 0.29) is 17.9 Å². The molecule has 0 saturated heterocycles. The summed E-state index contributed by atoms with van der Waals surface area (Å²) in [5, 5.41) is 4.39. The van der Waals surface area contributed by atoms with Gasteiger partial charge in [0.15, 0.2) is 0 Å². The Morgan fingerprint density at radius 3 is 2.61 bits per heavy atom. The molecule has 0 heterocycles. The molecule has 1 fully saturated rings. The molecule has 18 heavy (non-hydrogen) atoms. The van der Waals surface area contributed by atoms with E-state index in [0.717, 1.165) is 11.4 Å². The highest BCUT2D eigenvalue weighted by molar-refractivity contribution is 6.31. The summed E-state index contributed by atoms with van der Waals surface area (Å²) in [4.78, 5) is 0. The summed E-state index contributed by atoms with van der Waals surface area (Å²) in [5.74, 6) is 0. The van der Waals surface area contributed by atoms with Gasteiger partial charge in [0.1, 0.15) is 0 Å². The van der Waals surface area contributed by atoms with Crippen molar-refractivity contribution in [1.82, 2.24) is 5.32 Å². The molecule has 0 radical (unpaired) electrons. The smallest absolute Gasteiger partial charge is 0.0662 e. The molecular formula is C15H21Cl2N. The van der Waals surface area contributed by atoms with Gasteiger partial charge in [0.05, 0.1) is 5.54 Å². The van der Waals surface area contributed by atoms with Crippen LogP contribution >= 0.6 is 24.0 Å². The van der Waals surface area contributed by atoms with Crippen LogP contribution in [-0.4, -0.2) is 7.05 Å². The van der Waals surface area contributed by atoms with E-state index >= 15 is 0 Å². The molecule has 1 aliphatic rings. The topological polar surface area (TPSA) is 12.0 Å². The van der Waals surface area contributed by atoms with E-state index in [0.29, 0.717) is 0 Å². The summed E-state index contributed by atoms with van der Waals surface area (Å²) in [6, 6.07) is 8.20. The van der Waals surface area contributed by atoms with Gasteiger partial charge >= 0.3 is 0 Å². The first kappa shape index (κ1) is 15.6. The minimum atomic E-state index is -0.0503. The Hall–Kier alpha value is -0.500. The molecule has 1 atom stereocenters. The van der Waals surface area contributed by atoms with Gasteiger partial charge in [-0.3, -0.25) is 0 Å². The molecule has 1 aromatic rings. The lowest BCUT2D eigenvalue weighted by Crippen LogP contribution is -2.43. The number of hydrogen-bond acceptors (Lipinski definition) is 1. The van der Waals surface area contributed by atoms with Crippen molar-refractivity contribution >= 4 is 24.0 Å². The predicted octanol–water partition coefficient (Wildman–Crippen LogP) is 4.70. The Balaban J connectivity index is 0.00000162. The molecule has 0 aromatic heterocycles. The first-order valence-electron chi connectivity index (χ1n) is 6.34. The minimum Gasteiger partial charge on any atom is -0.307 e. The lowest BCUT2D eigenvalue weighted by atomic mass is 9.72. The SMILES string of the molecule is C/C=C1\CCCC[C@]1(NC)c1ccccc1Cl.Cl. The van der Waals surface area contributed by atoms with E-state index < -0.39 is 0 Å². The predicted molar refractivity (Wildman–Crippen MR) is 81.7 cm³/mol. The zero-order chi connectivity index (χ0) is 12.3. The maximum Gasteiger partial charge on any atom is 0.0662 e. The molecule has 0 spiro atoms. The Morgan fingerprint density at radius 2 is 2.00 bits per heavy atom. The Labute approximate surface area is 121 Å². The van der Waals surface area contributed by atoms with Crippen LogP contribution in [0.5, 0.6) is 0 Å². The van der Waals surface area contributed by atoms with Gasteiger partial charge in [-0.2, -0.15) is 0 Å². The van der Waals surface area contributed by atoms with Gasteiger partial charge in [0, 0.05) is 5.02 Å². The molecule has 2 rings (SSSR count). The summed E-state index contributed by atoms with van der Waals surface area (Å²) in [6.45, 7) is 2.13. The molecule has 1 saturated carbocycles. The van der Waals surface area contributed by atoms with Crippen molar-refractivity contribution in [3.05, 3.63) is 46.5 Å². The third-order valence-electron chi connectivity index (χ3n) is 3.90. The van der Waals surface area contributed by atoms with Crippen LogP contribution in [0.25, 0.3) is 0 Å². The summed E-state index contributed by atoms with van der Waals surface area (Å²) in [6.07, 6.45) is 7.09. The zero-order valence-corrected chi connectivity index (χ0v) is 12.6. The Kier molecular flexibility index (Phi) is 5.71. The first-order chi connectivity index (χ1) is 8.24. The van der Waals surface area contributed by atoms with Gasteiger partial charge < -0.3 is 5.32 Å². The van der Waals surface area contributed by atoms with Gasteiger partial charge in [0.25, 0.3) is 0 Å². The van der Waals surface area contributed by atoms with E-state index in [1.165, 1.54) is 30.4 Å². The van der Waals surface area contributed by atoms with E-state index in [1.54, 1.807) is 0 Å². The van der Waals surface area contributed by atoms with Crippen molar-refractivity contribution in [2.24, 2.45) is 0 Å². The minimum absolute atomic E-state index is 0. The van der Waals surface area contributed by atoms with Gasteiger partial charge in [0.2, 0.25) is 0 Å². The molecule has 1 aliphatic carbocycles. The van der Waals surface area contributed by atoms with E-state index in [9.17, 15) is 0 Å². The van der Waals surface area contributed by atoms with Crippen LogP contribution in [0.15, 0.2) is 35.9 Å². The first-order valence-corrected chi connectivity index (χ1v) is 6.72. The third-order valence-corrected chi connectivity index (χ3v) is 4.23. The normalized spacial score (nSPS) is 25.8. The second kappa shape index (κ2) is 6.60. The number of likely N-dealkylation sites (N-methyl/N-ethyl adjacent to an activating group) is 1. The standard InChI is InChI=1S/C15H20ClN.ClH/c1-3-12-8-6-7-11-15(12,17-2)13-9-4-5-10-14(13)16;/h3-5,9-10,17H,6-8,11H2,1-2H3;1H/b12-3+;/t15-;/m1./s1. The number of halogens is 2. The van der Waals surface area contributed by atoms with Crippen molar-refractivity contribution in [1.29, 1.82) is 0 Å². The van der Waals surface area contributed by atoms with Gasteiger partial charge in [-0.05, 0) is 50.4 Å². The van der Waals surface area contributed by atoms with Crippen molar-refractivity contribution in [2.75, 3.05) is 7.05 Å². The van der Waals surface area contributed by atoms with Crippen LogP contribution in [0.4, 0.5) is 0 Å². The average Bonchev–Trinajstić information content (AvgIpc) is 2.39. The summed E-state index contributed by atoms with van der Waals surface area (Å²) in [7, 11) is 2.04. The van der Waals surface area contributed by atoms with Crippen LogP contribution in [-0.2, 0) is 5.54 Å². The lowest BCUT2D eigenvalue weighted by Gasteiger charge is -2.41. The summed E-state index contributed by atoms with van der Waals surface area (Å²) < 4.78 is 0. The quantitative estimate of drug-likeness (QED) is 0.777. The van der Waals surface area contributed by atoms with Gasteiger partial charge in [-0.15, -0.1) is 12.4 Å². The highest BCUT2D eigenvalue weighted by atomic mass is 35.5. The molecule has 1 aromatic carbocycles. The largest absolute Gasteiger partial charge is 0.307 e. The van der Waals surface area contributed by atoms with Crippen molar-refractivity contribution in [3.63, 3.8) is 0 Å². The highest BCUT2D eigenvalue weighted by Gasteiger charge is 2.37. The molecule has 1 nitrogen and oxygen atoms in total. The molecule has 0 amide bonds. The fourth-order valence-electron chi connectivity index (χ4n) is 3.01. The molecule has 1 N–H and O–H groups in total. The van der Waals surface area contributed by atoms with E-state index in [1.807, 2.05) is 19.2 Å². The Morgan fingerprint density at radius 1 is 1.28 bits per heavy atom. The fraction of sp³-hybridized carbons (Fsp3) is 0.467. The number of hydrogen-bond donors (Lipinski definition) is 1. The summed E-state index contributed by atoms with van der Waals surface area (Å²) in [5.41, 5.74) is 2.64.